The summed E-state index contributed by atoms with van der Waals surface area (Å²) in [6.45, 7) is 4.12. The number of aromatic nitrogens is 3. The molecule has 1 aliphatic heterocycles. The first kappa shape index (κ1) is 19.0. The number of hydrogen-bond donors (Lipinski definition) is 1. The average Bonchev–Trinajstić information content (AvgIpc) is 3.13. The number of carbonyl (C=O) groups is 2. The molecule has 2 aromatic heterocycles. The molecule has 0 saturated carbocycles. The Kier molecular flexibility index (Phi) is 5.22. The van der Waals surface area contributed by atoms with Crippen molar-refractivity contribution in [1.82, 2.24) is 24.4 Å². The van der Waals surface area contributed by atoms with Crippen LogP contribution in [0, 0.1) is 12.7 Å². The second kappa shape index (κ2) is 7.96. The van der Waals surface area contributed by atoms with E-state index in [2.05, 4.69) is 15.4 Å². The lowest BCUT2D eigenvalue weighted by Gasteiger charge is -2.34. The number of aryl methyl sites for hydroxylation is 1. The van der Waals surface area contributed by atoms with Crippen molar-refractivity contribution in [2.24, 2.45) is 0 Å². The van der Waals surface area contributed by atoms with Crippen LogP contribution in [0.3, 0.4) is 0 Å². The maximum absolute atomic E-state index is 13.7. The van der Waals surface area contributed by atoms with Gasteiger partial charge in [0.25, 0.3) is 5.91 Å². The number of carbonyl (C=O) groups excluding carboxylic acids is 2. The molecule has 1 N–H and O–H groups in total. The van der Waals surface area contributed by atoms with E-state index in [1.165, 1.54) is 12.1 Å². The molecule has 29 heavy (non-hydrogen) atoms. The standard InChI is InChI=1S/C20H21FN6O2/c1-14-6-7-27-19(23-14)15(12-22-27)20(29)26-10-8-25(9-11-26)13-18(28)24-17-5-3-2-4-16(17)21/h2-7,12H,8-11,13H2,1H3,(H,24,28). The summed E-state index contributed by atoms with van der Waals surface area (Å²) in [6.07, 6.45) is 3.32. The third-order valence-corrected chi connectivity index (χ3v) is 4.91. The Morgan fingerprint density at radius 1 is 1.14 bits per heavy atom. The Balaban J connectivity index is 1.34. The molecule has 0 spiro atoms. The van der Waals surface area contributed by atoms with E-state index in [4.69, 9.17) is 0 Å². The van der Waals surface area contributed by atoms with Crippen molar-refractivity contribution < 1.29 is 14.0 Å². The van der Waals surface area contributed by atoms with Crippen molar-refractivity contribution in [1.29, 1.82) is 0 Å². The highest BCUT2D eigenvalue weighted by Gasteiger charge is 2.26. The van der Waals surface area contributed by atoms with Gasteiger partial charge in [0.1, 0.15) is 11.4 Å². The summed E-state index contributed by atoms with van der Waals surface area (Å²) in [6, 6.07) is 7.90. The number of hydrogen-bond acceptors (Lipinski definition) is 5. The summed E-state index contributed by atoms with van der Waals surface area (Å²) in [4.78, 5) is 33.2. The molecule has 0 atom stereocenters. The summed E-state index contributed by atoms with van der Waals surface area (Å²) in [5.41, 5.74) is 2.00. The zero-order valence-corrected chi connectivity index (χ0v) is 16.0. The number of nitrogens with zero attached hydrogens (tertiary/aromatic N) is 5. The SMILES string of the molecule is Cc1ccn2ncc(C(=O)N3CCN(CC(=O)Nc4ccccc4F)CC3)c2n1. The van der Waals surface area contributed by atoms with Crippen LogP contribution in [-0.4, -0.2) is 68.9 Å². The van der Waals surface area contributed by atoms with Gasteiger partial charge < -0.3 is 10.2 Å². The van der Waals surface area contributed by atoms with Gasteiger partial charge in [-0.1, -0.05) is 12.1 Å². The Bertz CT molecular complexity index is 1060. The molecule has 2 amide bonds. The molecule has 8 nitrogen and oxygen atoms in total. The van der Waals surface area contributed by atoms with Crippen molar-refractivity contribution in [2.75, 3.05) is 38.0 Å². The van der Waals surface area contributed by atoms with Gasteiger partial charge in [-0.25, -0.2) is 13.9 Å². The molecule has 3 aromatic rings. The zero-order chi connectivity index (χ0) is 20.4. The van der Waals surface area contributed by atoms with Crippen LogP contribution in [0.25, 0.3) is 5.65 Å². The number of amides is 2. The third-order valence-electron chi connectivity index (χ3n) is 4.91. The Morgan fingerprint density at radius 3 is 2.66 bits per heavy atom. The second-order valence-corrected chi connectivity index (χ2v) is 6.99. The maximum atomic E-state index is 13.7. The van der Waals surface area contributed by atoms with E-state index in [-0.39, 0.29) is 24.0 Å². The minimum atomic E-state index is -0.464. The fraction of sp³-hybridized carbons (Fsp3) is 0.300. The van der Waals surface area contributed by atoms with Gasteiger partial charge in [0.15, 0.2) is 5.65 Å². The smallest absolute Gasteiger partial charge is 0.259 e. The first-order chi connectivity index (χ1) is 14.0. The molecule has 1 saturated heterocycles. The molecule has 1 aromatic carbocycles. The molecule has 0 aliphatic carbocycles. The minimum Gasteiger partial charge on any atom is -0.336 e. The number of nitrogens with one attached hydrogen (secondary N) is 1. The highest BCUT2D eigenvalue weighted by Crippen LogP contribution is 2.15. The normalized spacial score (nSPS) is 14.9. The minimum absolute atomic E-state index is 0.117. The monoisotopic (exact) mass is 396 g/mol. The van der Waals surface area contributed by atoms with Gasteiger partial charge in [-0.15, -0.1) is 0 Å². The summed E-state index contributed by atoms with van der Waals surface area (Å²) in [5, 5.41) is 6.77. The van der Waals surface area contributed by atoms with Gasteiger partial charge in [0.2, 0.25) is 5.91 Å². The van der Waals surface area contributed by atoms with Gasteiger partial charge in [-0.2, -0.15) is 5.10 Å². The van der Waals surface area contributed by atoms with Crippen LogP contribution in [0.1, 0.15) is 16.1 Å². The van der Waals surface area contributed by atoms with Gasteiger partial charge in [-0.05, 0) is 25.1 Å². The fourth-order valence-electron chi connectivity index (χ4n) is 3.34. The van der Waals surface area contributed by atoms with Gasteiger partial charge in [0, 0.05) is 38.1 Å². The van der Waals surface area contributed by atoms with Crippen molar-refractivity contribution >= 4 is 23.1 Å². The van der Waals surface area contributed by atoms with E-state index in [1.54, 1.807) is 33.9 Å². The topological polar surface area (TPSA) is 82.8 Å². The van der Waals surface area contributed by atoms with E-state index >= 15 is 0 Å². The Labute approximate surface area is 166 Å². The van der Waals surface area contributed by atoms with Crippen molar-refractivity contribution in [2.45, 2.75) is 6.92 Å². The van der Waals surface area contributed by atoms with Crippen molar-refractivity contribution in [3.8, 4) is 0 Å². The molecule has 3 heterocycles. The molecule has 9 heteroatoms. The average molecular weight is 396 g/mol. The van der Waals surface area contributed by atoms with E-state index in [1.807, 2.05) is 17.9 Å². The van der Waals surface area contributed by atoms with E-state index < -0.39 is 5.82 Å². The highest BCUT2D eigenvalue weighted by atomic mass is 19.1. The molecule has 0 radical (unpaired) electrons. The quantitative estimate of drug-likeness (QED) is 0.724. The largest absolute Gasteiger partial charge is 0.336 e. The highest BCUT2D eigenvalue weighted by molar-refractivity contribution is 5.99. The molecule has 0 bridgehead atoms. The summed E-state index contributed by atoms with van der Waals surface area (Å²) in [7, 11) is 0. The van der Waals surface area contributed by atoms with Crippen LogP contribution < -0.4 is 5.32 Å². The van der Waals surface area contributed by atoms with E-state index in [0.29, 0.717) is 37.4 Å². The van der Waals surface area contributed by atoms with Crippen LogP contribution in [0.15, 0.2) is 42.7 Å². The number of rotatable bonds is 4. The number of benzene rings is 1. The Morgan fingerprint density at radius 2 is 1.90 bits per heavy atom. The first-order valence-corrected chi connectivity index (χ1v) is 9.38. The number of fused-ring (bicyclic) bond motifs is 1. The lowest BCUT2D eigenvalue weighted by molar-refractivity contribution is -0.117. The second-order valence-electron chi connectivity index (χ2n) is 6.99. The van der Waals surface area contributed by atoms with Crippen LogP contribution in [0.2, 0.25) is 0 Å². The van der Waals surface area contributed by atoms with Gasteiger partial charge in [0.05, 0.1) is 18.4 Å². The van der Waals surface area contributed by atoms with Crippen molar-refractivity contribution in [3.05, 3.63) is 59.8 Å². The van der Waals surface area contributed by atoms with Crippen LogP contribution in [0.4, 0.5) is 10.1 Å². The summed E-state index contributed by atoms with van der Waals surface area (Å²) in [5.74, 6) is -0.862. The molecule has 150 valence electrons. The van der Waals surface area contributed by atoms with Gasteiger partial charge >= 0.3 is 0 Å². The third kappa shape index (κ3) is 4.09. The number of anilines is 1. The van der Waals surface area contributed by atoms with E-state index in [0.717, 1.165) is 5.69 Å². The molecule has 4 rings (SSSR count). The molecule has 1 fully saturated rings. The molecule has 1 aliphatic rings. The van der Waals surface area contributed by atoms with Crippen molar-refractivity contribution in [3.63, 3.8) is 0 Å². The predicted octanol–water partition coefficient (Wildman–Crippen LogP) is 1.57. The number of piperazine rings is 1. The van der Waals surface area contributed by atoms with Crippen LogP contribution in [-0.2, 0) is 4.79 Å². The summed E-state index contributed by atoms with van der Waals surface area (Å²) >= 11 is 0. The summed E-state index contributed by atoms with van der Waals surface area (Å²) < 4.78 is 15.2. The number of halogens is 1. The maximum Gasteiger partial charge on any atom is 0.259 e. The molecular formula is C20H21FN6O2. The lowest BCUT2D eigenvalue weighted by atomic mass is 10.2. The first-order valence-electron chi connectivity index (χ1n) is 9.38. The van der Waals surface area contributed by atoms with Crippen LogP contribution >= 0.6 is 0 Å². The molecular weight excluding hydrogens is 375 g/mol. The lowest BCUT2D eigenvalue weighted by Crippen LogP contribution is -2.50. The Hall–Kier alpha value is -3.33. The molecule has 0 unspecified atom stereocenters. The predicted molar refractivity (Wildman–Crippen MR) is 105 cm³/mol. The zero-order valence-electron chi connectivity index (χ0n) is 16.0. The van der Waals surface area contributed by atoms with E-state index in [9.17, 15) is 14.0 Å². The number of para-hydroxylation sites is 1. The van der Waals surface area contributed by atoms with Gasteiger partial charge in [-0.3, -0.25) is 14.5 Å². The van der Waals surface area contributed by atoms with Crippen LogP contribution in [0.5, 0.6) is 0 Å². The fourth-order valence-corrected chi connectivity index (χ4v) is 3.34.